The molecule has 3 aromatic rings. The lowest BCUT2D eigenvalue weighted by Gasteiger charge is -2.40. The molecule has 0 bridgehead atoms. The molecule has 0 amide bonds. The first-order valence-electron chi connectivity index (χ1n) is 12.9. The Morgan fingerprint density at radius 3 is 1.93 bits per heavy atom. The van der Waals surface area contributed by atoms with Crippen molar-refractivity contribution < 1.29 is 41.0 Å². The highest BCUT2D eigenvalue weighted by atomic mass is 19.4. The number of pyridine rings is 1. The third-order valence-electron chi connectivity index (χ3n) is 7.09. The Labute approximate surface area is 233 Å². The van der Waals surface area contributed by atoms with Gasteiger partial charge in [0, 0.05) is 50.7 Å². The van der Waals surface area contributed by atoms with Gasteiger partial charge in [-0.05, 0) is 41.3 Å². The number of aliphatic hydroxyl groups is 1. The highest BCUT2D eigenvalue weighted by Crippen LogP contribution is 2.50. The highest BCUT2D eigenvalue weighted by molar-refractivity contribution is 5.76. The minimum absolute atomic E-state index is 0.270. The quantitative estimate of drug-likeness (QED) is 0.288. The highest BCUT2D eigenvalue weighted by Gasteiger charge is 2.71. The molecule has 2 heterocycles. The number of carbonyl (C=O) groups is 1. The molecule has 220 valence electrons. The van der Waals surface area contributed by atoms with Crippen LogP contribution in [0, 0.1) is 0 Å². The molecule has 4 rings (SSSR count). The molecular formula is C29H29F6N3O3. The average Bonchev–Trinajstić information content (AvgIpc) is 2.93. The van der Waals surface area contributed by atoms with E-state index in [0.29, 0.717) is 56.0 Å². The Hall–Kier alpha value is -3.48. The van der Waals surface area contributed by atoms with E-state index in [1.54, 1.807) is 31.5 Å². The Morgan fingerprint density at radius 2 is 1.39 bits per heavy atom. The van der Waals surface area contributed by atoms with Crippen LogP contribution in [0.4, 0.5) is 26.3 Å². The molecule has 1 aromatic heterocycles. The van der Waals surface area contributed by atoms with Gasteiger partial charge in [-0.3, -0.25) is 19.6 Å². The van der Waals surface area contributed by atoms with Gasteiger partial charge in [0.1, 0.15) is 6.04 Å². The first-order valence-corrected chi connectivity index (χ1v) is 12.9. The summed E-state index contributed by atoms with van der Waals surface area (Å²) in [5.41, 5.74) is -3.36. The predicted octanol–water partition coefficient (Wildman–Crippen LogP) is 5.31. The number of halogens is 6. The normalized spacial score (nSPS) is 17.4. The molecular weight excluding hydrogens is 552 g/mol. The van der Waals surface area contributed by atoms with Crippen molar-refractivity contribution in [2.75, 3.05) is 26.2 Å². The summed E-state index contributed by atoms with van der Waals surface area (Å²) in [6.07, 6.45) is -8.47. The maximum absolute atomic E-state index is 13.2. The van der Waals surface area contributed by atoms with Crippen LogP contribution < -0.4 is 0 Å². The van der Waals surface area contributed by atoms with E-state index < -0.39 is 29.6 Å². The summed E-state index contributed by atoms with van der Waals surface area (Å²) in [6.45, 7) is 4.93. The van der Waals surface area contributed by atoms with E-state index >= 15 is 0 Å². The Morgan fingerprint density at radius 1 is 0.854 bits per heavy atom. The van der Waals surface area contributed by atoms with Crippen molar-refractivity contribution in [2.45, 2.75) is 44.0 Å². The number of carbonyl (C=O) groups excluding carboxylic acids is 1. The monoisotopic (exact) mass is 581 g/mol. The van der Waals surface area contributed by atoms with E-state index in [1.165, 1.54) is 0 Å². The van der Waals surface area contributed by atoms with Gasteiger partial charge in [-0.15, -0.1) is 0 Å². The van der Waals surface area contributed by atoms with Crippen LogP contribution >= 0.6 is 0 Å². The van der Waals surface area contributed by atoms with Gasteiger partial charge < -0.3 is 9.84 Å². The standard InChI is InChI=1S/C29H29F6N3O3/c1-2-41-26(39)25-19-37(15-16-38(25)18-21-11-13-36-14-12-21)17-20-3-5-22(6-4-20)23-7-9-24(10-8-23)27(40,28(30,31)32)29(33,34)35/h3-14,25,40H,2,15-19H2,1H3/t25-/m0/s1. The third-order valence-corrected chi connectivity index (χ3v) is 7.09. The lowest BCUT2D eigenvalue weighted by molar-refractivity contribution is -0.376. The van der Waals surface area contributed by atoms with Crippen LogP contribution in [0.25, 0.3) is 11.1 Å². The minimum atomic E-state index is -5.94. The molecule has 0 spiro atoms. The first-order chi connectivity index (χ1) is 19.3. The van der Waals surface area contributed by atoms with Crippen LogP contribution in [-0.2, 0) is 28.2 Å². The van der Waals surface area contributed by atoms with Crippen molar-refractivity contribution in [1.82, 2.24) is 14.8 Å². The van der Waals surface area contributed by atoms with Crippen LogP contribution in [0.1, 0.15) is 23.6 Å². The number of nitrogens with zero attached hydrogens (tertiary/aromatic N) is 3. The van der Waals surface area contributed by atoms with Gasteiger partial charge in [0.15, 0.2) is 0 Å². The second kappa shape index (κ2) is 12.2. The zero-order valence-electron chi connectivity index (χ0n) is 22.1. The summed E-state index contributed by atoms with van der Waals surface area (Å²) < 4.78 is 84.3. The van der Waals surface area contributed by atoms with Crippen molar-refractivity contribution in [3.63, 3.8) is 0 Å². The van der Waals surface area contributed by atoms with Gasteiger partial charge in [0.25, 0.3) is 5.60 Å². The van der Waals surface area contributed by atoms with Gasteiger partial charge in [-0.2, -0.15) is 26.3 Å². The number of piperazine rings is 1. The van der Waals surface area contributed by atoms with Gasteiger partial charge in [-0.25, -0.2) is 0 Å². The Kier molecular flexibility index (Phi) is 9.05. The fraction of sp³-hybridized carbons (Fsp3) is 0.379. The van der Waals surface area contributed by atoms with Crippen molar-refractivity contribution in [3.05, 3.63) is 89.7 Å². The maximum Gasteiger partial charge on any atom is 0.430 e. The summed E-state index contributed by atoms with van der Waals surface area (Å²) in [7, 11) is 0. The van der Waals surface area contributed by atoms with Crippen LogP contribution in [0.5, 0.6) is 0 Å². The van der Waals surface area contributed by atoms with E-state index in [-0.39, 0.29) is 12.6 Å². The maximum atomic E-state index is 13.2. The summed E-state index contributed by atoms with van der Waals surface area (Å²) in [6, 6.07) is 13.9. The van der Waals surface area contributed by atoms with Crippen LogP contribution in [0.2, 0.25) is 0 Å². The van der Waals surface area contributed by atoms with E-state index in [9.17, 15) is 36.2 Å². The molecule has 0 aliphatic carbocycles. The summed E-state index contributed by atoms with van der Waals surface area (Å²) in [4.78, 5) is 21.0. The second-order valence-corrected chi connectivity index (χ2v) is 9.81. The molecule has 1 atom stereocenters. The van der Waals surface area contributed by atoms with E-state index in [1.807, 2.05) is 24.3 Å². The predicted molar refractivity (Wildman–Crippen MR) is 138 cm³/mol. The largest absolute Gasteiger partial charge is 0.465 e. The van der Waals surface area contributed by atoms with Crippen molar-refractivity contribution in [1.29, 1.82) is 0 Å². The summed E-state index contributed by atoms with van der Waals surface area (Å²) in [5, 5.41) is 9.59. The van der Waals surface area contributed by atoms with Crippen molar-refractivity contribution in [2.24, 2.45) is 0 Å². The fourth-order valence-corrected chi connectivity index (χ4v) is 4.85. The molecule has 1 aliphatic heterocycles. The lowest BCUT2D eigenvalue weighted by Crippen LogP contribution is -2.56. The van der Waals surface area contributed by atoms with Crippen LogP contribution in [-0.4, -0.2) is 70.5 Å². The molecule has 2 aromatic carbocycles. The average molecular weight is 582 g/mol. The van der Waals surface area contributed by atoms with E-state index in [2.05, 4.69) is 14.8 Å². The SMILES string of the molecule is CCOC(=O)[C@@H]1CN(Cc2ccc(-c3ccc(C(O)(C(F)(F)F)C(F)(F)F)cc3)cc2)CCN1Cc1ccncc1. The zero-order chi connectivity index (χ0) is 29.8. The topological polar surface area (TPSA) is 65.9 Å². The molecule has 41 heavy (non-hydrogen) atoms. The minimum Gasteiger partial charge on any atom is -0.465 e. The number of hydrogen-bond acceptors (Lipinski definition) is 6. The van der Waals surface area contributed by atoms with E-state index in [0.717, 1.165) is 23.3 Å². The Balaban J connectivity index is 1.44. The number of hydrogen-bond donors (Lipinski definition) is 1. The van der Waals surface area contributed by atoms with Crippen molar-refractivity contribution >= 4 is 5.97 Å². The molecule has 0 radical (unpaired) electrons. The van der Waals surface area contributed by atoms with Crippen LogP contribution in [0.3, 0.4) is 0 Å². The van der Waals surface area contributed by atoms with Gasteiger partial charge in [0.2, 0.25) is 0 Å². The number of ether oxygens (including phenoxy) is 1. The molecule has 1 saturated heterocycles. The van der Waals surface area contributed by atoms with Crippen LogP contribution in [0.15, 0.2) is 73.1 Å². The second-order valence-electron chi connectivity index (χ2n) is 9.81. The molecule has 1 fully saturated rings. The molecule has 0 saturated carbocycles. The molecule has 1 aliphatic rings. The molecule has 6 nitrogen and oxygen atoms in total. The van der Waals surface area contributed by atoms with Gasteiger partial charge in [-0.1, -0.05) is 48.5 Å². The van der Waals surface area contributed by atoms with Gasteiger partial charge >= 0.3 is 18.3 Å². The number of benzene rings is 2. The lowest BCUT2D eigenvalue weighted by atomic mass is 9.90. The van der Waals surface area contributed by atoms with Gasteiger partial charge in [0.05, 0.1) is 6.61 Å². The first kappa shape index (κ1) is 30.5. The molecule has 12 heteroatoms. The smallest absolute Gasteiger partial charge is 0.430 e. The van der Waals surface area contributed by atoms with Crippen molar-refractivity contribution in [3.8, 4) is 11.1 Å². The van der Waals surface area contributed by atoms with E-state index in [4.69, 9.17) is 4.74 Å². The molecule has 1 N–H and O–H groups in total. The number of esters is 1. The Bertz CT molecular complexity index is 1280. The summed E-state index contributed by atoms with van der Waals surface area (Å²) >= 11 is 0. The third kappa shape index (κ3) is 6.71. The summed E-state index contributed by atoms with van der Waals surface area (Å²) in [5.74, 6) is -0.298. The number of aromatic nitrogens is 1. The zero-order valence-corrected chi connectivity index (χ0v) is 22.1. The number of alkyl halides is 6. The number of rotatable bonds is 8. The fourth-order valence-electron chi connectivity index (χ4n) is 4.85. The molecule has 0 unspecified atom stereocenters.